The van der Waals surface area contributed by atoms with Crippen molar-refractivity contribution in [2.75, 3.05) is 12.8 Å². The van der Waals surface area contributed by atoms with Crippen LogP contribution in [0.25, 0.3) is 0 Å². The van der Waals surface area contributed by atoms with Gasteiger partial charge in [0.2, 0.25) is 0 Å². The number of aromatic nitrogens is 2. The molecule has 0 bridgehead atoms. The van der Waals surface area contributed by atoms with E-state index in [9.17, 15) is 9.59 Å². The summed E-state index contributed by atoms with van der Waals surface area (Å²) in [5.41, 5.74) is 1.02. The van der Waals surface area contributed by atoms with Crippen LogP contribution in [0.4, 0.5) is 0 Å². The summed E-state index contributed by atoms with van der Waals surface area (Å²) >= 11 is 1.37. The largest absolute Gasteiger partial charge is 0.481 e. The molecule has 1 heterocycles. The molecule has 0 saturated heterocycles. The summed E-state index contributed by atoms with van der Waals surface area (Å²) in [5, 5.41) is 12.4. The number of nitrogens with zero attached hydrogens (tertiary/aromatic N) is 2. The molecule has 2 N–H and O–H groups in total. The number of aryl methyl sites for hydroxylation is 2. The second-order valence-electron chi connectivity index (χ2n) is 5.14. The van der Waals surface area contributed by atoms with Crippen LogP contribution >= 0.6 is 11.8 Å². The average molecular weight is 311 g/mol. The molecule has 0 saturated carbocycles. The number of thioether (sulfide) groups is 1. The van der Waals surface area contributed by atoms with E-state index in [1.165, 1.54) is 11.8 Å². The van der Waals surface area contributed by atoms with E-state index >= 15 is 0 Å². The highest BCUT2D eigenvalue weighted by molar-refractivity contribution is 7.98. The van der Waals surface area contributed by atoms with Crippen LogP contribution in [0.5, 0.6) is 0 Å². The summed E-state index contributed by atoms with van der Waals surface area (Å²) < 4.78 is 0. The maximum absolute atomic E-state index is 12.3. The smallest absolute Gasteiger partial charge is 0.308 e. The van der Waals surface area contributed by atoms with Crippen molar-refractivity contribution < 1.29 is 14.7 Å². The van der Waals surface area contributed by atoms with Gasteiger partial charge < -0.3 is 10.4 Å². The first-order valence-corrected chi connectivity index (χ1v) is 7.90. The number of aliphatic carboxylic acids is 1. The highest BCUT2D eigenvalue weighted by Crippen LogP contribution is 2.20. The Bertz CT molecular complexity index is 547. The van der Waals surface area contributed by atoms with Crippen molar-refractivity contribution in [2.24, 2.45) is 11.8 Å². The zero-order chi connectivity index (χ0) is 16.2. The lowest BCUT2D eigenvalue weighted by Crippen LogP contribution is -2.36. The first kappa shape index (κ1) is 17.4. The predicted molar refractivity (Wildman–Crippen MR) is 81.6 cm³/mol. The zero-order valence-corrected chi connectivity index (χ0v) is 13.7. The van der Waals surface area contributed by atoms with Crippen molar-refractivity contribution in [3.8, 4) is 0 Å². The van der Waals surface area contributed by atoms with E-state index in [1.54, 1.807) is 13.8 Å². The molecule has 1 unspecified atom stereocenters. The lowest BCUT2D eigenvalue weighted by molar-refractivity contribution is -0.142. The highest BCUT2D eigenvalue weighted by atomic mass is 32.2. The lowest BCUT2D eigenvalue weighted by atomic mass is 9.96. The molecule has 0 aliphatic heterocycles. The second kappa shape index (κ2) is 7.40. The van der Waals surface area contributed by atoms with Gasteiger partial charge in [-0.25, -0.2) is 9.97 Å². The number of carbonyl (C=O) groups is 2. The second-order valence-corrected chi connectivity index (χ2v) is 5.93. The molecule has 1 rings (SSSR count). The van der Waals surface area contributed by atoms with E-state index in [-0.39, 0.29) is 18.4 Å². The normalized spacial score (nSPS) is 12.3. The monoisotopic (exact) mass is 311 g/mol. The van der Waals surface area contributed by atoms with Crippen molar-refractivity contribution in [2.45, 2.75) is 32.7 Å². The molecule has 1 amide bonds. The lowest BCUT2D eigenvalue weighted by Gasteiger charge is -2.17. The maximum atomic E-state index is 12.3. The van der Waals surface area contributed by atoms with E-state index in [2.05, 4.69) is 15.3 Å². The Hall–Kier alpha value is -1.63. The van der Waals surface area contributed by atoms with Gasteiger partial charge in [-0.05, 0) is 26.0 Å². The number of carboxylic acids is 1. The molecule has 1 atom stereocenters. The number of carbonyl (C=O) groups excluding carboxylic acids is 1. The summed E-state index contributed by atoms with van der Waals surface area (Å²) in [7, 11) is 0. The predicted octanol–water partition coefficient (Wildman–Crippen LogP) is 1.90. The molecule has 6 nitrogen and oxygen atoms in total. The molecular weight excluding hydrogens is 290 g/mol. The van der Waals surface area contributed by atoms with E-state index in [4.69, 9.17) is 5.11 Å². The number of hydrogen-bond donors (Lipinski definition) is 2. The van der Waals surface area contributed by atoms with Crippen LogP contribution in [0.1, 0.15) is 35.7 Å². The number of carboxylic acid groups (broad SMARTS) is 1. The summed E-state index contributed by atoms with van der Waals surface area (Å²) in [5.74, 6) is -1.30. The van der Waals surface area contributed by atoms with Gasteiger partial charge in [-0.1, -0.05) is 13.8 Å². The molecule has 21 heavy (non-hydrogen) atoms. The van der Waals surface area contributed by atoms with Gasteiger partial charge >= 0.3 is 5.97 Å². The van der Waals surface area contributed by atoms with Crippen LogP contribution in [0.2, 0.25) is 0 Å². The molecule has 0 spiro atoms. The fraction of sp³-hybridized carbons (Fsp3) is 0.571. The topological polar surface area (TPSA) is 92.2 Å². The third-order valence-electron chi connectivity index (χ3n) is 3.19. The number of amides is 1. The first-order chi connectivity index (χ1) is 9.77. The van der Waals surface area contributed by atoms with Crippen molar-refractivity contribution in [1.82, 2.24) is 15.3 Å². The van der Waals surface area contributed by atoms with Crippen molar-refractivity contribution in [3.05, 3.63) is 17.1 Å². The van der Waals surface area contributed by atoms with Crippen LogP contribution in [0, 0.1) is 25.7 Å². The van der Waals surface area contributed by atoms with Crippen LogP contribution < -0.4 is 5.32 Å². The molecule has 0 fully saturated rings. The minimum atomic E-state index is -0.910. The zero-order valence-electron chi connectivity index (χ0n) is 12.9. The third-order valence-corrected chi connectivity index (χ3v) is 3.88. The molecule has 0 aliphatic carbocycles. The SMILES string of the molecule is CSc1nc(C)nc(C)c1C(=O)NCC(C(=O)O)C(C)C. The molecule has 0 aliphatic rings. The number of rotatable bonds is 6. The Morgan fingerprint density at radius 1 is 1.29 bits per heavy atom. The van der Waals surface area contributed by atoms with Gasteiger partial charge in [0.15, 0.2) is 0 Å². The fourth-order valence-electron chi connectivity index (χ4n) is 1.99. The van der Waals surface area contributed by atoms with Gasteiger partial charge in [-0.2, -0.15) is 0 Å². The Kier molecular flexibility index (Phi) is 6.14. The molecule has 1 aromatic heterocycles. The number of hydrogen-bond acceptors (Lipinski definition) is 5. The standard InChI is InChI=1S/C14H21N3O3S/c1-7(2)10(14(19)20)6-15-12(18)11-8(3)16-9(4)17-13(11)21-5/h7,10H,6H2,1-5H3,(H,15,18)(H,19,20). The van der Waals surface area contributed by atoms with Gasteiger partial charge in [0.1, 0.15) is 10.9 Å². The van der Waals surface area contributed by atoms with Crippen LogP contribution in [-0.4, -0.2) is 39.8 Å². The van der Waals surface area contributed by atoms with Gasteiger partial charge in [0.25, 0.3) is 5.91 Å². The first-order valence-electron chi connectivity index (χ1n) is 6.68. The van der Waals surface area contributed by atoms with Gasteiger partial charge in [0, 0.05) is 6.54 Å². The van der Waals surface area contributed by atoms with E-state index < -0.39 is 11.9 Å². The third kappa shape index (κ3) is 4.42. The minimum absolute atomic E-state index is 0.0572. The summed E-state index contributed by atoms with van der Waals surface area (Å²) in [6.07, 6.45) is 1.84. The van der Waals surface area contributed by atoms with E-state index in [1.807, 2.05) is 20.1 Å². The van der Waals surface area contributed by atoms with Crippen molar-refractivity contribution in [3.63, 3.8) is 0 Å². The van der Waals surface area contributed by atoms with Crippen LogP contribution in [0.15, 0.2) is 5.03 Å². The molecule has 116 valence electrons. The van der Waals surface area contributed by atoms with Gasteiger partial charge in [-0.3, -0.25) is 9.59 Å². The van der Waals surface area contributed by atoms with E-state index in [0.29, 0.717) is 22.1 Å². The minimum Gasteiger partial charge on any atom is -0.481 e. The summed E-state index contributed by atoms with van der Waals surface area (Å²) in [6.45, 7) is 7.25. The van der Waals surface area contributed by atoms with E-state index in [0.717, 1.165) is 0 Å². The molecule has 1 aromatic rings. The Morgan fingerprint density at radius 2 is 1.90 bits per heavy atom. The van der Waals surface area contributed by atoms with Crippen molar-refractivity contribution >= 4 is 23.6 Å². The van der Waals surface area contributed by atoms with Crippen LogP contribution in [-0.2, 0) is 4.79 Å². The Labute approximate surface area is 128 Å². The summed E-state index contributed by atoms with van der Waals surface area (Å²) in [4.78, 5) is 31.9. The molecule has 0 aromatic carbocycles. The Balaban J connectivity index is 2.92. The van der Waals surface area contributed by atoms with Crippen molar-refractivity contribution in [1.29, 1.82) is 0 Å². The number of nitrogens with one attached hydrogen (secondary N) is 1. The van der Waals surface area contributed by atoms with Crippen LogP contribution in [0.3, 0.4) is 0 Å². The van der Waals surface area contributed by atoms with Gasteiger partial charge in [0.05, 0.1) is 17.2 Å². The van der Waals surface area contributed by atoms with Gasteiger partial charge in [-0.15, -0.1) is 11.8 Å². The highest BCUT2D eigenvalue weighted by Gasteiger charge is 2.24. The molecule has 7 heteroatoms. The fourth-order valence-corrected chi connectivity index (χ4v) is 2.66. The maximum Gasteiger partial charge on any atom is 0.308 e. The quantitative estimate of drug-likeness (QED) is 0.616. The molecule has 0 radical (unpaired) electrons. The summed E-state index contributed by atoms with van der Waals surface area (Å²) in [6, 6.07) is 0. The molecular formula is C14H21N3O3S. The Morgan fingerprint density at radius 3 is 2.38 bits per heavy atom. The average Bonchev–Trinajstić information content (AvgIpc) is 2.36.